The highest BCUT2D eigenvalue weighted by Gasteiger charge is 1.99. The van der Waals surface area contributed by atoms with Crippen molar-refractivity contribution in [2.24, 2.45) is 0 Å². The molecule has 0 nitrogen and oxygen atoms in total. The highest BCUT2D eigenvalue weighted by Crippen LogP contribution is 2.21. The molecule has 1 aliphatic carbocycles. The predicted molar refractivity (Wildman–Crippen MR) is 59.0 cm³/mol. The molecule has 0 aromatic carbocycles. The van der Waals surface area contributed by atoms with Gasteiger partial charge in [0.25, 0.3) is 0 Å². The summed E-state index contributed by atoms with van der Waals surface area (Å²) in [5.74, 6) is 5.94. The van der Waals surface area contributed by atoms with E-state index in [9.17, 15) is 0 Å². The summed E-state index contributed by atoms with van der Waals surface area (Å²) in [5, 5.41) is 0. The second-order valence-corrected chi connectivity index (χ2v) is 3.20. The van der Waals surface area contributed by atoms with E-state index in [0.29, 0.717) is 0 Å². The number of hydrogen-bond acceptors (Lipinski definition) is 0. The Hall–Kier alpha value is -0.740. The van der Waals surface area contributed by atoms with Gasteiger partial charge in [0.1, 0.15) is 0 Å². The maximum atomic E-state index is 3.44. The zero-order valence-corrected chi connectivity index (χ0v) is 8.95. The highest BCUT2D eigenvalue weighted by molar-refractivity contribution is 9.11. The lowest BCUT2D eigenvalue weighted by molar-refractivity contribution is 0.989. The van der Waals surface area contributed by atoms with Gasteiger partial charge in [-0.3, -0.25) is 0 Å². The topological polar surface area (TPSA) is 0 Å². The van der Waals surface area contributed by atoms with Crippen LogP contribution in [-0.4, -0.2) is 0 Å². The third-order valence-electron chi connectivity index (χ3n) is 1.38. The van der Waals surface area contributed by atoms with Gasteiger partial charge in [-0.15, -0.1) is 19.1 Å². The van der Waals surface area contributed by atoms with Gasteiger partial charge in [-0.05, 0) is 30.3 Å². The van der Waals surface area contributed by atoms with Gasteiger partial charge in [-0.25, -0.2) is 0 Å². The zero-order chi connectivity index (χ0) is 9.40. The number of hydrogen-bond donors (Lipinski definition) is 0. The summed E-state index contributed by atoms with van der Waals surface area (Å²) in [5.41, 5.74) is 1.24. The van der Waals surface area contributed by atoms with Crippen molar-refractivity contribution in [3.8, 4) is 11.8 Å². The molecule has 0 aromatic heterocycles. The van der Waals surface area contributed by atoms with E-state index < -0.39 is 0 Å². The molecule has 0 spiro atoms. The molecular formula is C11H13Br. The van der Waals surface area contributed by atoms with Gasteiger partial charge in [-0.2, -0.15) is 0 Å². The summed E-state index contributed by atoms with van der Waals surface area (Å²) in [6.07, 6.45) is 6.33. The summed E-state index contributed by atoms with van der Waals surface area (Å²) in [6.45, 7) is 7.87. The Bertz CT molecular complexity index is 248. The first kappa shape index (κ1) is 11.3. The molecule has 0 atom stereocenters. The van der Waals surface area contributed by atoms with Crippen molar-refractivity contribution in [1.82, 2.24) is 0 Å². The lowest BCUT2D eigenvalue weighted by Gasteiger charge is -2.03. The van der Waals surface area contributed by atoms with E-state index in [2.05, 4.69) is 53.1 Å². The third kappa shape index (κ3) is 4.20. The van der Waals surface area contributed by atoms with E-state index in [1.807, 2.05) is 6.92 Å². The van der Waals surface area contributed by atoms with Crippen molar-refractivity contribution in [3.05, 3.63) is 35.4 Å². The average Bonchev–Trinajstić information content (AvgIpc) is 2.13. The molecule has 0 fully saturated rings. The fourth-order valence-corrected chi connectivity index (χ4v) is 1.21. The van der Waals surface area contributed by atoms with Crippen LogP contribution in [0, 0.1) is 11.8 Å². The van der Waals surface area contributed by atoms with E-state index in [4.69, 9.17) is 0 Å². The zero-order valence-electron chi connectivity index (χ0n) is 7.36. The Morgan fingerprint density at radius 1 is 1.33 bits per heavy atom. The van der Waals surface area contributed by atoms with Crippen LogP contribution in [0.25, 0.3) is 0 Å². The standard InChI is InChI=1S/C9H9Br.C2H4/c1-2-3-8-4-6-9(10)7-5-8;1-2/h4,6H,5,7H2,1H3;1-2H2. The molecule has 12 heavy (non-hydrogen) atoms. The van der Waals surface area contributed by atoms with Gasteiger partial charge in [0.05, 0.1) is 0 Å². The lowest BCUT2D eigenvalue weighted by Crippen LogP contribution is -1.85. The summed E-state index contributed by atoms with van der Waals surface area (Å²) in [4.78, 5) is 0. The number of rotatable bonds is 0. The molecule has 0 bridgehead atoms. The van der Waals surface area contributed by atoms with E-state index >= 15 is 0 Å². The molecule has 0 aromatic rings. The van der Waals surface area contributed by atoms with Crippen LogP contribution in [0.3, 0.4) is 0 Å². The van der Waals surface area contributed by atoms with E-state index in [0.717, 1.165) is 12.8 Å². The summed E-state index contributed by atoms with van der Waals surface area (Å²) < 4.78 is 1.27. The van der Waals surface area contributed by atoms with Gasteiger partial charge in [0.2, 0.25) is 0 Å². The van der Waals surface area contributed by atoms with Crippen LogP contribution in [-0.2, 0) is 0 Å². The monoisotopic (exact) mass is 224 g/mol. The minimum atomic E-state index is 1.08. The number of allylic oxidation sites excluding steroid dienone is 4. The Kier molecular flexibility index (Phi) is 6.51. The fraction of sp³-hybridized carbons (Fsp3) is 0.273. The van der Waals surface area contributed by atoms with Crippen molar-refractivity contribution in [2.45, 2.75) is 19.8 Å². The summed E-state index contributed by atoms with van der Waals surface area (Å²) >= 11 is 3.44. The largest absolute Gasteiger partial charge is 0.106 e. The summed E-state index contributed by atoms with van der Waals surface area (Å²) in [7, 11) is 0. The average molecular weight is 225 g/mol. The van der Waals surface area contributed by atoms with Crippen LogP contribution in [0.15, 0.2) is 35.4 Å². The molecule has 64 valence electrons. The van der Waals surface area contributed by atoms with E-state index in [1.54, 1.807) is 0 Å². The van der Waals surface area contributed by atoms with E-state index in [1.165, 1.54) is 10.1 Å². The Morgan fingerprint density at radius 3 is 2.42 bits per heavy atom. The second kappa shape index (κ2) is 6.94. The van der Waals surface area contributed by atoms with Crippen molar-refractivity contribution in [3.63, 3.8) is 0 Å². The molecule has 0 heterocycles. The van der Waals surface area contributed by atoms with Crippen LogP contribution in [0.5, 0.6) is 0 Å². The molecule has 1 rings (SSSR count). The van der Waals surface area contributed by atoms with Crippen molar-refractivity contribution >= 4 is 15.9 Å². The third-order valence-corrected chi connectivity index (χ3v) is 2.04. The first-order valence-electron chi connectivity index (χ1n) is 3.81. The van der Waals surface area contributed by atoms with Gasteiger partial charge in [0.15, 0.2) is 0 Å². The van der Waals surface area contributed by atoms with Crippen molar-refractivity contribution < 1.29 is 0 Å². The molecule has 0 saturated carbocycles. The maximum absolute atomic E-state index is 3.44. The lowest BCUT2D eigenvalue weighted by atomic mass is 10.1. The first-order valence-corrected chi connectivity index (χ1v) is 4.60. The van der Waals surface area contributed by atoms with Crippen LogP contribution >= 0.6 is 15.9 Å². The van der Waals surface area contributed by atoms with Gasteiger partial charge in [0, 0.05) is 5.57 Å². The molecule has 0 aliphatic heterocycles. The molecule has 0 unspecified atom stereocenters. The molecule has 0 saturated heterocycles. The molecule has 0 amide bonds. The van der Waals surface area contributed by atoms with E-state index in [-0.39, 0.29) is 0 Å². The quantitative estimate of drug-likeness (QED) is 0.434. The van der Waals surface area contributed by atoms with Gasteiger partial charge in [-0.1, -0.05) is 27.9 Å². The Morgan fingerprint density at radius 2 is 2.00 bits per heavy atom. The maximum Gasteiger partial charge on any atom is 0.00239 e. The SMILES string of the molecule is C=C.CC#CC1=CC=C(Br)CC1. The van der Waals surface area contributed by atoms with Crippen molar-refractivity contribution in [1.29, 1.82) is 0 Å². The predicted octanol–water partition coefficient (Wildman–Crippen LogP) is 3.81. The Balaban J connectivity index is 0.000000561. The molecule has 0 radical (unpaired) electrons. The first-order chi connectivity index (χ1) is 5.83. The van der Waals surface area contributed by atoms with Crippen LogP contribution in [0.4, 0.5) is 0 Å². The summed E-state index contributed by atoms with van der Waals surface area (Å²) in [6, 6.07) is 0. The number of halogens is 1. The minimum Gasteiger partial charge on any atom is -0.106 e. The molecule has 1 aliphatic rings. The minimum absolute atomic E-state index is 1.08. The van der Waals surface area contributed by atoms with Crippen LogP contribution in [0.1, 0.15) is 19.8 Å². The van der Waals surface area contributed by atoms with Gasteiger partial charge < -0.3 is 0 Å². The fourth-order valence-electron chi connectivity index (χ4n) is 0.876. The Labute approximate surface area is 83.2 Å². The second-order valence-electron chi connectivity index (χ2n) is 2.18. The normalized spacial score (nSPS) is 14.2. The van der Waals surface area contributed by atoms with Crippen molar-refractivity contribution in [2.75, 3.05) is 0 Å². The van der Waals surface area contributed by atoms with Gasteiger partial charge >= 0.3 is 0 Å². The van der Waals surface area contributed by atoms with Crippen LogP contribution in [0.2, 0.25) is 0 Å². The van der Waals surface area contributed by atoms with Crippen LogP contribution < -0.4 is 0 Å². The molecular weight excluding hydrogens is 212 g/mol. The highest BCUT2D eigenvalue weighted by atomic mass is 79.9. The molecule has 0 N–H and O–H groups in total. The smallest absolute Gasteiger partial charge is 0.00239 e. The molecule has 1 heteroatoms.